The van der Waals surface area contributed by atoms with Crippen molar-refractivity contribution in [2.45, 2.75) is 35.5 Å². The lowest BCUT2D eigenvalue weighted by atomic mass is 10.1. The molecular weight excluding hydrogens is 500 g/mol. The molecule has 0 aliphatic carbocycles. The van der Waals surface area contributed by atoms with Crippen LogP contribution in [0.1, 0.15) is 6.42 Å². The predicted octanol–water partition coefficient (Wildman–Crippen LogP) is 1.89. The van der Waals surface area contributed by atoms with Gasteiger partial charge in [0.15, 0.2) is 27.8 Å². The molecule has 2 aliphatic rings. The number of benzene rings is 1. The fraction of sp³-hybridized carbons (Fsp3) is 0.417. The Morgan fingerprint density at radius 1 is 1.19 bits per heavy atom. The third kappa shape index (κ3) is 4.42. The summed E-state index contributed by atoms with van der Waals surface area (Å²) in [4.78, 5) is 13.3. The van der Waals surface area contributed by atoms with E-state index in [-0.39, 0.29) is 18.4 Å². The van der Waals surface area contributed by atoms with Gasteiger partial charge in [-0.1, -0.05) is 16.9 Å². The van der Waals surface area contributed by atoms with E-state index in [1.165, 1.54) is 18.1 Å². The number of imidazole rings is 1. The number of thioether (sulfide) groups is 1. The highest BCUT2D eigenvalue weighted by molar-refractivity contribution is 7.99. The van der Waals surface area contributed by atoms with Crippen LogP contribution in [-0.4, -0.2) is 85.8 Å². The first kappa shape index (κ1) is 24.1. The van der Waals surface area contributed by atoms with Crippen molar-refractivity contribution in [2.24, 2.45) is 0 Å². The second-order valence-electron chi connectivity index (χ2n) is 8.93. The number of fused-ring (bicyclic) bond motifs is 1. The summed E-state index contributed by atoms with van der Waals surface area (Å²) >= 11 is 1.31. The molecule has 0 radical (unpaired) electrons. The Morgan fingerprint density at radius 3 is 2.78 bits per heavy atom. The van der Waals surface area contributed by atoms with Gasteiger partial charge in [-0.3, -0.25) is 4.57 Å². The quantitative estimate of drug-likeness (QED) is 0.288. The van der Waals surface area contributed by atoms with Gasteiger partial charge in [-0.2, -0.15) is 0 Å². The molecular formula is C24H26N6O6S. The van der Waals surface area contributed by atoms with Gasteiger partial charge in [0.2, 0.25) is 0 Å². The molecule has 2 aliphatic heterocycles. The molecule has 13 heteroatoms. The molecule has 12 nitrogen and oxygen atoms in total. The number of nitrogens with one attached hydrogen (secondary N) is 1. The van der Waals surface area contributed by atoms with E-state index in [9.17, 15) is 10.2 Å². The monoisotopic (exact) mass is 526 g/mol. The minimum absolute atomic E-state index is 0.0372. The molecule has 3 N–H and O–H groups in total. The summed E-state index contributed by atoms with van der Waals surface area (Å²) in [6, 6.07) is 9.45. The number of aliphatic hydroxyl groups is 2. The molecule has 0 spiro atoms. The molecule has 6 rings (SSSR count). The van der Waals surface area contributed by atoms with Gasteiger partial charge < -0.3 is 34.3 Å². The highest BCUT2D eigenvalue weighted by Crippen LogP contribution is 2.40. The normalized spacial score (nSPS) is 25.6. The van der Waals surface area contributed by atoms with Crippen LogP contribution in [0.5, 0.6) is 5.75 Å². The fourth-order valence-electron chi connectivity index (χ4n) is 4.57. The third-order valence-electron chi connectivity index (χ3n) is 6.64. The highest BCUT2D eigenvalue weighted by Gasteiger charge is 2.51. The Bertz CT molecular complexity index is 1370. The Labute approximate surface area is 216 Å². The fourth-order valence-corrected chi connectivity index (χ4v) is 5.60. The van der Waals surface area contributed by atoms with Crippen molar-refractivity contribution < 1.29 is 28.9 Å². The van der Waals surface area contributed by atoms with Gasteiger partial charge in [0.1, 0.15) is 30.0 Å². The average Bonchev–Trinajstić information content (AvgIpc) is 3.73. The van der Waals surface area contributed by atoms with Gasteiger partial charge in [-0.15, -0.1) is 0 Å². The number of hydrogen-bond donors (Lipinski definition) is 3. The number of anilines is 1. The minimum Gasteiger partial charge on any atom is -0.497 e. The van der Waals surface area contributed by atoms with Crippen molar-refractivity contribution in [3.63, 3.8) is 0 Å². The smallest absolute Gasteiger partial charge is 0.193 e. The van der Waals surface area contributed by atoms with Crippen molar-refractivity contribution in [2.75, 3.05) is 38.0 Å². The van der Waals surface area contributed by atoms with Crippen molar-refractivity contribution in [1.82, 2.24) is 24.7 Å². The lowest BCUT2D eigenvalue weighted by Crippen LogP contribution is -2.47. The van der Waals surface area contributed by atoms with Crippen LogP contribution in [0, 0.1) is 0 Å². The molecule has 0 saturated carbocycles. The van der Waals surface area contributed by atoms with Crippen molar-refractivity contribution in [1.29, 1.82) is 0 Å². The van der Waals surface area contributed by atoms with E-state index >= 15 is 0 Å². The van der Waals surface area contributed by atoms with Crippen molar-refractivity contribution >= 4 is 28.7 Å². The molecule has 4 aromatic rings. The van der Waals surface area contributed by atoms with Crippen LogP contribution in [-0.2, 0) is 15.2 Å². The van der Waals surface area contributed by atoms with Crippen LogP contribution in [0.2, 0.25) is 0 Å². The van der Waals surface area contributed by atoms with Crippen LogP contribution in [0.3, 0.4) is 0 Å². The third-order valence-corrected chi connectivity index (χ3v) is 7.67. The standard InChI is InChI=1S/C24H26N6O6S/c1-33-16-4-2-14(3-5-16)17-8-19(36-29-17)37-11-24(21(32)18(31)10-35-24)30-13-27-20-22(25-12-26-23(20)30)28-15-6-7-34-9-15/h2-5,8,12-13,15,18,21,31-32H,6-7,9-11H2,1H3,(H,25,26,28)/t15?,18-,21+,24-/m0/s1. The minimum atomic E-state index is -1.34. The second kappa shape index (κ2) is 9.91. The summed E-state index contributed by atoms with van der Waals surface area (Å²) < 4.78 is 23.9. The Hall–Kier alpha value is -3.23. The van der Waals surface area contributed by atoms with E-state index in [0.29, 0.717) is 41.0 Å². The largest absolute Gasteiger partial charge is 0.497 e. The lowest BCUT2D eigenvalue weighted by molar-refractivity contribution is -0.103. The summed E-state index contributed by atoms with van der Waals surface area (Å²) in [7, 11) is 1.61. The van der Waals surface area contributed by atoms with E-state index in [4.69, 9.17) is 18.7 Å². The molecule has 3 aromatic heterocycles. The summed E-state index contributed by atoms with van der Waals surface area (Å²) in [5.74, 6) is 1.53. The number of aliphatic hydroxyl groups excluding tert-OH is 2. The van der Waals surface area contributed by atoms with Crippen molar-refractivity contribution in [3.8, 4) is 17.0 Å². The zero-order valence-electron chi connectivity index (χ0n) is 20.0. The Kier molecular flexibility index (Phi) is 6.46. The maximum absolute atomic E-state index is 11.1. The number of hydrogen-bond acceptors (Lipinski definition) is 12. The molecule has 2 saturated heterocycles. The van der Waals surface area contributed by atoms with Gasteiger partial charge in [0.05, 0.1) is 38.4 Å². The Morgan fingerprint density at radius 2 is 2.05 bits per heavy atom. The number of ether oxygens (including phenoxy) is 3. The van der Waals surface area contributed by atoms with Crippen LogP contribution < -0.4 is 10.1 Å². The lowest BCUT2D eigenvalue weighted by Gasteiger charge is -2.32. The summed E-state index contributed by atoms with van der Waals surface area (Å²) in [6.45, 7) is 1.25. The number of aromatic nitrogens is 5. The van der Waals surface area contributed by atoms with Crippen LogP contribution in [0.4, 0.5) is 5.82 Å². The summed E-state index contributed by atoms with van der Waals surface area (Å²) in [6.07, 6.45) is 1.57. The molecule has 1 unspecified atom stereocenters. The van der Waals surface area contributed by atoms with Gasteiger partial charge in [-0.25, -0.2) is 15.0 Å². The second-order valence-corrected chi connectivity index (χ2v) is 9.91. The van der Waals surface area contributed by atoms with E-state index in [1.54, 1.807) is 18.0 Å². The predicted molar refractivity (Wildman–Crippen MR) is 133 cm³/mol. The van der Waals surface area contributed by atoms with Crippen LogP contribution in [0.15, 0.2) is 52.6 Å². The molecule has 37 heavy (non-hydrogen) atoms. The first-order valence-electron chi connectivity index (χ1n) is 11.8. The van der Waals surface area contributed by atoms with Gasteiger partial charge in [0.25, 0.3) is 0 Å². The average molecular weight is 527 g/mol. The molecule has 2 fully saturated rings. The van der Waals surface area contributed by atoms with Crippen LogP contribution in [0.25, 0.3) is 22.4 Å². The van der Waals surface area contributed by atoms with E-state index < -0.39 is 17.9 Å². The summed E-state index contributed by atoms with van der Waals surface area (Å²) in [5.41, 5.74) is 1.22. The van der Waals surface area contributed by atoms with E-state index in [0.717, 1.165) is 17.7 Å². The number of nitrogens with zero attached hydrogens (tertiary/aromatic N) is 5. The topological polar surface area (TPSA) is 150 Å². The maximum atomic E-state index is 11.1. The van der Waals surface area contributed by atoms with E-state index in [2.05, 4.69) is 25.4 Å². The maximum Gasteiger partial charge on any atom is 0.193 e. The SMILES string of the molecule is COc1ccc(-c2cc(SC[C@]3(n4cnc5c(NC6CCOC6)ncnc54)OC[C@H](O)[C@H]3O)on2)cc1. The zero-order valence-corrected chi connectivity index (χ0v) is 20.8. The first-order chi connectivity index (χ1) is 18.1. The molecule has 5 heterocycles. The van der Waals surface area contributed by atoms with Crippen molar-refractivity contribution in [3.05, 3.63) is 43.0 Å². The van der Waals surface area contributed by atoms with Gasteiger partial charge in [0, 0.05) is 18.2 Å². The number of methoxy groups -OCH3 is 1. The molecule has 1 aromatic carbocycles. The first-order valence-corrected chi connectivity index (χ1v) is 12.8. The molecule has 0 amide bonds. The molecule has 4 atom stereocenters. The van der Waals surface area contributed by atoms with Crippen LogP contribution >= 0.6 is 11.8 Å². The van der Waals surface area contributed by atoms with E-state index in [1.807, 2.05) is 30.3 Å². The molecule has 194 valence electrons. The zero-order chi connectivity index (χ0) is 25.4. The Balaban J connectivity index is 1.28. The highest BCUT2D eigenvalue weighted by atomic mass is 32.2. The summed E-state index contributed by atoms with van der Waals surface area (Å²) in [5, 5.41) is 29.6. The van der Waals surface area contributed by atoms with Gasteiger partial charge in [-0.05, 0) is 30.7 Å². The number of rotatable bonds is 8. The van der Waals surface area contributed by atoms with Gasteiger partial charge >= 0.3 is 0 Å². The molecule has 0 bridgehead atoms.